The molecular formula is C14H27N3O4. The van der Waals surface area contributed by atoms with Crippen LogP contribution in [-0.2, 0) is 9.53 Å². The number of hydrogen-bond acceptors (Lipinski definition) is 4. The van der Waals surface area contributed by atoms with Crippen LogP contribution in [0.1, 0.15) is 27.7 Å². The number of hydrogen-bond donors (Lipinski definition) is 3. The molecule has 0 radical (unpaired) electrons. The van der Waals surface area contributed by atoms with E-state index in [1.165, 1.54) is 0 Å². The lowest BCUT2D eigenvalue weighted by molar-refractivity contribution is -0.141. The molecule has 0 aromatic rings. The number of morpholine rings is 1. The third-order valence-electron chi connectivity index (χ3n) is 3.40. The Hall–Kier alpha value is -1.34. The van der Waals surface area contributed by atoms with Crippen LogP contribution in [0.2, 0.25) is 0 Å². The Morgan fingerprint density at radius 2 is 1.81 bits per heavy atom. The molecule has 2 atom stereocenters. The lowest BCUT2D eigenvalue weighted by Crippen LogP contribution is -2.55. The van der Waals surface area contributed by atoms with Gasteiger partial charge in [-0.2, -0.15) is 0 Å². The lowest BCUT2D eigenvalue weighted by atomic mass is 9.87. The Balaban J connectivity index is 2.42. The average molecular weight is 301 g/mol. The van der Waals surface area contributed by atoms with Gasteiger partial charge in [0, 0.05) is 25.7 Å². The van der Waals surface area contributed by atoms with Crippen molar-refractivity contribution < 1.29 is 19.4 Å². The third-order valence-corrected chi connectivity index (χ3v) is 3.40. The summed E-state index contributed by atoms with van der Waals surface area (Å²) >= 11 is 0. The highest BCUT2D eigenvalue weighted by Gasteiger charge is 2.32. The topological polar surface area (TPSA) is 90.9 Å². The van der Waals surface area contributed by atoms with Gasteiger partial charge in [0.1, 0.15) is 6.04 Å². The van der Waals surface area contributed by atoms with Crippen LogP contribution in [0.4, 0.5) is 4.79 Å². The number of nitrogens with zero attached hydrogens (tertiary/aromatic N) is 1. The van der Waals surface area contributed by atoms with Gasteiger partial charge < -0.3 is 20.5 Å². The second-order valence-corrected chi connectivity index (χ2v) is 6.57. The van der Waals surface area contributed by atoms with Crippen molar-refractivity contribution in [2.45, 2.75) is 39.8 Å². The number of rotatable bonds is 5. The molecule has 3 N–H and O–H groups in total. The first kappa shape index (κ1) is 17.7. The smallest absolute Gasteiger partial charge is 0.326 e. The summed E-state index contributed by atoms with van der Waals surface area (Å²) in [4.78, 5) is 25.4. The van der Waals surface area contributed by atoms with Gasteiger partial charge in [-0.25, -0.2) is 9.59 Å². The van der Waals surface area contributed by atoms with Gasteiger partial charge >= 0.3 is 12.0 Å². The second kappa shape index (κ2) is 7.61. The first-order chi connectivity index (χ1) is 9.70. The van der Waals surface area contributed by atoms with Crippen LogP contribution in [0.25, 0.3) is 0 Å². The molecule has 2 amide bonds. The van der Waals surface area contributed by atoms with Gasteiger partial charge in [0.2, 0.25) is 0 Å². The minimum Gasteiger partial charge on any atom is -0.480 e. The van der Waals surface area contributed by atoms with E-state index in [9.17, 15) is 14.7 Å². The largest absolute Gasteiger partial charge is 0.480 e. The third kappa shape index (κ3) is 6.31. The SMILES string of the molecule is CC(CN1CCOCC1)NC(=O)N[C@@H](C(=O)O)C(C)(C)C. The number of amides is 2. The van der Waals surface area contributed by atoms with Gasteiger partial charge in [-0.05, 0) is 12.3 Å². The highest BCUT2D eigenvalue weighted by atomic mass is 16.5. The quantitative estimate of drug-likeness (QED) is 0.688. The van der Waals surface area contributed by atoms with Crippen LogP contribution in [0.5, 0.6) is 0 Å². The summed E-state index contributed by atoms with van der Waals surface area (Å²) in [6.07, 6.45) is 0. The first-order valence-electron chi connectivity index (χ1n) is 7.30. The molecular weight excluding hydrogens is 274 g/mol. The molecule has 0 aromatic heterocycles. The Labute approximate surface area is 126 Å². The first-order valence-corrected chi connectivity index (χ1v) is 7.30. The number of urea groups is 1. The maximum atomic E-state index is 11.9. The molecule has 0 aliphatic carbocycles. The Morgan fingerprint density at radius 3 is 2.29 bits per heavy atom. The standard InChI is InChI=1S/C14H27N3O4/c1-10(9-17-5-7-21-8-6-17)15-13(20)16-11(12(18)19)14(2,3)4/h10-11H,5-9H2,1-4H3,(H,18,19)(H2,15,16,20)/t10?,11-/m0/s1. The van der Waals surface area contributed by atoms with Crippen molar-refractivity contribution >= 4 is 12.0 Å². The van der Waals surface area contributed by atoms with Crippen molar-refractivity contribution in [3.05, 3.63) is 0 Å². The van der Waals surface area contributed by atoms with Crippen LogP contribution in [0, 0.1) is 5.41 Å². The van der Waals surface area contributed by atoms with E-state index in [1.807, 2.05) is 6.92 Å². The van der Waals surface area contributed by atoms with E-state index in [0.717, 1.165) is 19.6 Å². The Morgan fingerprint density at radius 1 is 1.24 bits per heavy atom. The molecule has 1 unspecified atom stereocenters. The number of aliphatic carboxylic acids is 1. The minimum atomic E-state index is -1.03. The molecule has 0 aromatic carbocycles. The van der Waals surface area contributed by atoms with Gasteiger partial charge in [0.05, 0.1) is 13.2 Å². The fraction of sp³-hybridized carbons (Fsp3) is 0.857. The van der Waals surface area contributed by atoms with Crippen molar-refractivity contribution in [3.63, 3.8) is 0 Å². The van der Waals surface area contributed by atoms with E-state index in [1.54, 1.807) is 20.8 Å². The molecule has 1 heterocycles. The molecule has 0 spiro atoms. The van der Waals surface area contributed by atoms with Gasteiger partial charge in [0.25, 0.3) is 0 Å². The monoisotopic (exact) mass is 301 g/mol. The molecule has 1 rings (SSSR count). The van der Waals surface area contributed by atoms with Crippen molar-refractivity contribution in [1.29, 1.82) is 0 Å². The molecule has 1 fully saturated rings. The summed E-state index contributed by atoms with van der Waals surface area (Å²) in [7, 11) is 0. The molecule has 0 saturated carbocycles. The van der Waals surface area contributed by atoms with Crippen molar-refractivity contribution in [2.24, 2.45) is 5.41 Å². The van der Waals surface area contributed by atoms with Crippen molar-refractivity contribution in [1.82, 2.24) is 15.5 Å². The van der Waals surface area contributed by atoms with E-state index in [0.29, 0.717) is 13.2 Å². The van der Waals surface area contributed by atoms with Crippen molar-refractivity contribution in [2.75, 3.05) is 32.8 Å². The average Bonchev–Trinajstić information content (AvgIpc) is 2.35. The maximum absolute atomic E-state index is 11.9. The predicted molar refractivity (Wildman–Crippen MR) is 79.3 cm³/mol. The Bertz CT molecular complexity index is 362. The van der Waals surface area contributed by atoms with E-state index in [-0.39, 0.29) is 6.04 Å². The number of nitrogens with one attached hydrogen (secondary N) is 2. The molecule has 21 heavy (non-hydrogen) atoms. The zero-order chi connectivity index (χ0) is 16.0. The number of carboxylic acids is 1. The Kier molecular flexibility index (Phi) is 6.42. The van der Waals surface area contributed by atoms with Crippen LogP contribution < -0.4 is 10.6 Å². The summed E-state index contributed by atoms with van der Waals surface area (Å²) in [6, 6.07) is -1.43. The highest BCUT2D eigenvalue weighted by molar-refractivity contribution is 5.83. The van der Waals surface area contributed by atoms with E-state index in [4.69, 9.17) is 4.74 Å². The zero-order valence-electron chi connectivity index (χ0n) is 13.3. The summed E-state index contributed by atoms with van der Waals surface area (Å²) in [6.45, 7) is 11.1. The maximum Gasteiger partial charge on any atom is 0.326 e. The molecule has 1 aliphatic heterocycles. The highest BCUT2D eigenvalue weighted by Crippen LogP contribution is 2.19. The molecule has 7 heteroatoms. The van der Waals surface area contributed by atoms with Crippen LogP contribution >= 0.6 is 0 Å². The van der Waals surface area contributed by atoms with Gasteiger partial charge in [-0.3, -0.25) is 4.90 Å². The summed E-state index contributed by atoms with van der Waals surface area (Å²) < 4.78 is 5.27. The number of carbonyl (C=O) groups excluding carboxylic acids is 1. The normalized spacial score (nSPS) is 19.6. The van der Waals surface area contributed by atoms with Gasteiger partial charge in [-0.1, -0.05) is 20.8 Å². The second-order valence-electron chi connectivity index (χ2n) is 6.57. The van der Waals surface area contributed by atoms with E-state index >= 15 is 0 Å². The fourth-order valence-corrected chi connectivity index (χ4v) is 2.26. The van der Waals surface area contributed by atoms with Crippen molar-refractivity contribution in [3.8, 4) is 0 Å². The van der Waals surface area contributed by atoms with E-state index < -0.39 is 23.5 Å². The zero-order valence-corrected chi connectivity index (χ0v) is 13.3. The number of carbonyl (C=O) groups is 2. The summed E-state index contributed by atoms with van der Waals surface area (Å²) in [5.74, 6) is -1.03. The van der Waals surface area contributed by atoms with Crippen LogP contribution in [-0.4, -0.2) is 66.9 Å². The summed E-state index contributed by atoms with van der Waals surface area (Å²) in [5.41, 5.74) is -0.545. The molecule has 7 nitrogen and oxygen atoms in total. The van der Waals surface area contributed by atoms with Gasteiger partial charge in [0.15, 0.2) is 0 Å². The number of ether oxygens (including phenoxy) is 1. The van der Waals surface area contributed by atoms with E-state index in [2.05, 4.69) is 15.5 Å². The molecule has 1 saturated heterocycles. The number of carboxylic acid groups (broad SMARTS) is 1. The van der Waals surface area contributed by atoms with Crippen LogP contribution in [0.3, 0.4) is 0 Å². The molecule has 0 bridgehead atoms. The minimum absolute atomic E-state index is 0.0579. The fourth-order valence-electron chi connectivity index (χ4n) is 2.26. The molecule has 1 aliphatic rings. The lowest BCUT2D eigenvalue weighted by Gasteiger charge is -2.31. The molecule has 122 valence electrons. The van der Waals surface area contributed by atoms with Gasteiger partial charge in [-0.15, -0.1) is 0 Å². The summed E-state index contributed by atoms with van der Waals surface area (Å²) in [5, 5.41) is 14.5. The predicted octanol–water partition coefficient (Wildman–Crippen LogP) is 0.506. The van der Waals surface area contributed by atoms with Crippen LogP contribution in [0.15, 0.2) is 0 Å².